The van der Waals surface area contributed by atoms with Gasteiger partial charge in [0.05, 0.1) is 19.9 Å². The van der Waals surface area contributed by atoms with E-state index in [1.54, 1.807) is 6.92 Å². The lowest BCUT2D eigenvalue weighted by molar-refractivity contribution is -0.406. The van der Waals surface area contributed by atoms with E-state index in [2.05, 4.69) is 12.1 Å². The number of hydrogen-bond acceptors (Lipinski definition) is 2. The maximum atomic E-state index is 11.0. The fraction of sp³-hybridized carbons (Fsp3) is 0.286. The van der Waals surface area contributed by atoms with Gasteiger partial charge in [-0.05, 0) is 12.5 Å². The van der Waals surface area contributed by atoms with Gasteiger partial charge in [-0.25, -0.2) is 0 Å². The van der Waals surface area contributed by atoms with Gasteiger partial charge < -0.3 is 19.6 Å². The minimum atomic E-state index is -0.359. The predicted molar refractivity (Wildman–Crippen MR) is 39.8 cm³/mol. The first-order valence-electron chi connectivity index (χ1n) is 3.26. The van der Waals surface area contributed by atoms with E-state index in [9.17, 15) is 4.79 Å². The molecule has 1 heterocycles. The number of carbonyl (C=O) groups is 1. The van der Waals surface area contributed by atoms with Gasteiger partial charge in [-0.15, -0.1) is 0 Å². The number of carbonyl (C=O) groups excluding carboxylic acids is 1. The lowest BCUT2D eigenvalue weighted by Gasteiger charge is -2.06. The molecule has 0 radical (unpaired) electrons. The average molecular weight is 153 g/mol. The van der Waals surface area contributed by atoms with Gasteiger partial charge in [0.25, 0.3) is 5.97 Å². The topological polar surface area (TPSA) is 43.4 Å². The van der Waals surface area contributed by atoms with Crippen LogP contribution in [0.4, 0.5) is 0 Å². The Morgan fingerprint density at radius 1 is 2.00 bits per heavy atom. The summed E-state index contributed by atoms with van der Waals surface area (Å²) in [5.74, 6) is -0.359. The van der Waals surface area contributed by atoms with Crippen LogP contribution in [0.15, 0.2) is 11.8 Å². The Hall–Kier alpha value is -1.45. The van der Waals surface area contributed by atoms with Crippen LogP contribution in [0.2, 0.25) is 0 Å². The average Bonchev–Trinajstić information content (AvgIpc) is 2.36. The Morgan fingerprint density at radius 3 is 3.18 bits per heavy atom. The fourth-order valence-electron chi connectivity index (χ4n) is 0.683. The van der Waals surface area contributed by atoms with Crippen molar-refractivity contribution in [3.8, 4) is 0 Å². The molecule has 0 aliphatic carbocycles. The molecule has 0 amide bonds. The number of rotatable bonds is 2. The molecule has 11 heavy (non-hydrogen) atoms. The summed E-state index contributed by atoms with van der Waals surface area (Å²) in [5.41, 5.74) is 4.16. The Labute approximate surface area is 65.1 Å². The molecule has 0 aromatic carbocycles. The number of nitrogens with zero attached hydrogens (tertiary/aromatic N) is 2. The van der Waals surface area contributed by atoms with E-state index in [1.165, 1.54) is 17.4 Å². The standard InChI is InChI=1S/C7H9N2O2/c1-3-11-7(10)6-4-8-9(2)5-6/h4-5H,2-3H2,1H3/q-1. The molecular weight excluding hydrogens is 144 g/mol. The number of esters is 1. The lowest BCUT2D eigenvalue weighted by atomic mass is 10.3. The highest BCUT2D eigenvalue weighted by atomic mass is 16.5. The van der Waals surface area contributed by atoms with E-state index in [1.807, 2.05) is 0 Å². The van der Waals surface area contributed by atoms with Gasteiger partial charge in [-0.3, -0.25) is 0 Å². The molecule has 4 nitrogen and oxygen atoms in total. The van der Waals surface area contributed by atoms with Crippen molar-refractivity contribution < 1.29 is 14.2 Å². The third-order valence-electron chi connectivity index (χ3n) is 1.14. The quantitative estimate of drug-likeness (QED) is 0.331. The van der Waals surface area contributed by atoms with Crippen LogP contribution >= 0.6 is 0 Å². The maximum absolute atomic E-state index is 11.0. The smallest absolute Gasteiger partial charge is 0.254 e. The summed E-state index contributed by atoms with van der Waals surface area (Å²) in [6.45, 7) is 7.13. The molecule has 1 aliphatic rings. The van der Waals surface area contributed by atoms with Gasteiger partial charge >= 0.3 is 0 Å². The first kappa shape index (κ1) is 7.65. The number of hydrogen-bond donors (Lipinski definition) is 0. The fourth-order valence-corrected chi connectivity index (χ4v) is 0.683. The van der Waals surface area contributed by atoms with E-state index in [4.69, 9.17) is 4.74 Å². The maximum Gasteiger partial charge on any atom is 0.254 e. The van der Waals surface area contributed by atoms with Gasteiger partial charge in [0.1, 0.15) is 0 Å². The van der Waals surface area contributed by atoms with Crippen LogP contribution < -0.4 is 0 Å². The van der Waals surface area contributed by atoms with E-state index in [0.717, 1.165) is 0 Å². The Bertz CT molecular complexity index is 220. The largest absolute Gasteiger partial charge is 0.505 e. The van der Waals surface area contributed by atoms with Crippen LogP contribution in [-0.2, 0) is 9.53 Å². The second kappa shape index (κ2) is 3.09. The second-order valence-electron chi connectivity index (χ2n) is 1.99. The summed E-state index contributed by atoms with van der Waals surface area (Å²) in [5, 5.41) is 0. The van der Waals surface area contributed by atoms with E-state index in [0.29, 0.717) is 12.2 Å². The van der Waals surface area contributed by atoms with Crippen LogP contribution in [0.25, 0.3) is 5.43 Å². The highest BCUT2D eigenvalue weighted by Gasteiger charge is 2.07. The third kappa shape index (κ3) is 1.73. The molecule has 0 unspecified atom stereocenters. The SMILES string of the molecule is C=[N+]1[CH-]C(C(=O)OCC)=C[N-]1. The van der Waals surface area contributed by atoms with Crippen molar-refractivity contribution in [2.75, 3.05) is 6.61 Å². The van der Waals surface area contributed by atoms with Gasteiger partial charge in [0.2, 0.25) is 0 Å². The normalized spacial score (nSPS) is 15.0. The Kier molecular flexibility index (Phi) is 2.15. The molecule has 1 aliphatic heterocycles. The molecule has 60 valence electrons. The van der Waals surface area contributed by atoms with Gasteiger partial charge in [0.15, 0.2) is 0 Å². The Balaban J connectivity index is 2.49. The van der Waals surface area contributed by atoms with Crippen molar-refractivity contribution in [3.63, 3.8) is 0 Å². The van der Waals surface area contributed by atoms with Crippen molar-refractivity contribution >= 4 is 12.7 Å². The third-order valence-corrected chi connectivity index (χ3v) is 1.14. The first-order valence-corrected chi connectivity index (χ1v) is 3.26. The molecule has 0 aromatic heterocycles. The van der Waals surface area contributed by atoms with Crippen LogP contribution in [-0.4, -0.2) is 24.0 Å². The molecule has 0 fully saturated rings. The zero-order valence-corrected chi connectivity index (χ0v) is 6.28. The lowest BCUT2D eigenvalue weighted by Crippen LogP contribution is -2.07. The minimum Gasteiger partial charge on any atom is -0.505 e. The van der Waals surface area contributed by atoms with Crippen LogP contribution in [0.5, 0.6) is 0 Å². The van der Waals surface area contributed by atoms with Crippen LogP contribution in [0.3, 0.4) is 0 Å². The zero-order valence-electron chi connectivity index (χ0n) is 6.28. The van der Waals surface area contributed by atoms with E-state index in [-0.39, 0.29) is 5.97 Å². The highest BCUT2D eigenvalue weighted by Crippen LogP contribution is 2.15. The van der Waals surface area contributed by atoms with Gasteiger partial charge in [0, 0.05) is 0 Å². The summed E-state index contributed by atoms with van der Waals surface area (Å²) < 4.78 is 6.03. The highest BCUT2D eigenvalue weighted by molar-refractivity contribution is 5.91. The van der Waals surface area contributed by atoms with Crippen molar-refractivity contribution in [2.24, 2.45) is 0 Å². The molecule has 4 heteroatoms. The summed E-state index contributed by atoms with van der Waals surface area (Å²) >= 11 is 0. The minimum absolute atomic E-state index is 0.359. The van der Waals surface area contributed by atoms with Crippen LogP contribution in [0, 0.1) is 6.54 Å². The van der Waals surface area contributed by atoms with Crippen molar-refractivity contribution in [2.45, 2.75) is 6.92 Å². The summed E-state index contributed by atoms with van der Waals surface area (Å²) in [6.07, 6.45) is 1.42. The molecular formula is C7H9N2O2-. The van der Waals surface area contributed by atoms with Crippen molar-refractivity contribution in [3.05, 3.63) is 23.7 Å². The van der Waals surface area contributed by atoms with Gasteiger partial charge in [-0.2, -0.15) is 6.20 Å². The molecule has 0 N–H and O–H groups in total. The predicted octanol–water partition coefficient (Wildman–Crippen LogP) is 0.611. The van der Waals surface area contributed by atoms with Crippen LogP contribution in [0.1, 0.15) is 6.92 Å². The first-order chi connectivity index (χ1) is 5.24. The zero-order chi connectivity index (χ0) is 8.27. The van der Waals surface area contributed by atoms with Crippen molar-refractivity contribution in [1.29, 1.82) is 0 Å². The summed E-state index contributed by atoms with van der Waals surface area (Å²) in [7, 11) is 0. The molecule has 0 spiro atoms. The summed E-state index contributed by atoms with van der Waals surface area (Å²) in [6, 6.07) is 0. The molecule has 0 bridgehead atoms. The van der Waals surface area contributed by atoms with E-state index < -0.39 is 0 Å². The summed E-state index contributed by atoms with van der Waals surface area (Å²) in [4.78, 5) is 11.0. The number of ether oxygens (including phenoxy) is 1. The molecule has 0 saturated carbocycles. The Morgan fingerprint density at radius 2 is 2.73 bits per heavy atom. The monoisotopic (exact) mass is 153 g/mol. The molecule has 1 rings (SSSR count). The molecule has 0 saturated heterocycles. The molecule has 0 atom stereocenters. The van der Waals surface area contributed by atoms with Crippen molar-refractivity contribution in [1.82, 2.24) is 0 Å². The molecule has 0 aromatic rings. The van der Waals surface area contributed by atoms with Gasteiger partial charge in [-0.1, -0.05) is 0 Å². The second-order valence-corrected chi connectivity index (χ2v) is 1.99. The van der Waals surface area contributed by atoms with E-state index >= 15 is 0 Å².